The fourth-order valence-electron chi connectivity index (χ4n) is 11.4. The summed E-state index contributed by atoms with van der Waals surface area (Å²) in [5.41, 5.74) is -3.95. The van der Waals surface area contributed by atoms with Gasteiger partial charge >= 0.3 is 24.1 Å². The van der Waals surface area contributed by atoms with Crippen molar-refractivity contribution in [2.24, 2.45) is 23.2 Å². The number of benzene rings is 1. The van der Waals surface area contributed by atoms with Crippen LogP contribution in [0.2, 0.25) is 0 Å². The van der Waals surface area contributed by atoms with E-state index in [0.717, 1.165) is 121 Å². The van der Waals surface area contributed by atoms with Crippen LogP contribution in [0, 0.1) is 29.7 Å². The lowest BCUT2D eigenvalue weighted by molar-refractivity contribution is -0.457. The Balaban J connectivity index is 0.983. The monoisotopic (exact) mass is 1190 g/mol. The Kier molecular flexibility index (Phi) is 29.2. The Morgan fingerprint density at radius 2 is 1.37 bits per heavy atom. The average Bonchev–Trinajstić information content (AvgIpc) is 3.74. The number of alkyl halides is 9. The van der Waals surface area contributed by atoms with Gasteiger partial charge in [0.15, 0.2) is 0 Å². The predicted octanol–water partition coefficient (Wildman–Crippen LogP) is 14.3. The van der Waals surface area contributed by atoms with Crippen LogP contribution in [0.5, 0.6) is 5.75 Å². The Morgan fingerprint density at radius 1 is 0.744 bits per heavy atom. The highest BCUT2D eigenvalue weighted by atomic mass is 33.1. The molecule has 23 heteroatoms. The molecule has 0 bridgehead atoms. The molecule has 452 valence electrons. The first-order chi connectivity index (χ1) is 37.4. The number of likely N-dealkylation sites (N-methyl/N-ethyl adjacent to an activating group) is 1. The first-order valence-electron chi connectivity index (χ1n) is 28.6. The summed E-state index contributed by atoms with van der Waals surface area (Å²) < 4.78 is 170. The lowest BCUT2D eigenvalue weighted by atomic mass is 9.55. The molecule has 7 atom stereocenters. The van der Waals surface area contributed by atoms with Crippen LogP contribution in [-0.2, 0) is 34.4 Å². The first kappa shape index (κ1) is 67.4. The van der Waals surface area contributed by atoms with Crippen molar-refractivity contribution in [3.05, 3.63) is 40.7 Å². The van der Waals surface area contributed by atoms with Gasteiger partial charge in [-0.05, 0) is 171 Å². The van der Waals surface area contributed by atoms with Gasteiger partial charge in [-0.2, -0.15) is 39.5 Å². The molecule has 4 rings (SSSR count). The average molecular weight is 1190 g/mol. The zero-order valence-electron chi connectivity index (χ0n) is 48.1. The molecule has 2 unspecified atom stereocenters. The van der Waals surface area contributed by atoms with E-state index in [9.17, 15) is 39.5 Å². The Morgan fingerprint density at radius 3 is 1.97 bits per heavy atom. The lowest BCUT2D eigenvalue weighted by Crippen LogP contribution is -2.67. The Hall–Kier alpha value is -1.35. The normalized spacial score (nSPS) is 22.0. The third-order valence-corrected chi connectivity index (χ3v) is 19.7. The molecule has 0 aliphatic heterocycles. The summed E-state index contributed by atoms with van der Waals surface area (Å²) in [6.07, 6.45) is -11.1. The second kappa shape index (κ2) is 33.8. The maximum atomic E-state index is 13.3. The van der Waals surface area contributed by atoms with Crippen LogP contribution in [0.4, 0.5) is 39.5 Å². The number of hydrogen-bond acceptors (Lipinski definition) is 12. The molecule has 78 heavy (non-hydrogen) atoms. The van der Waals surface area contributed by atoms with E-state index in [1.165, 1.54) is 11.1 Å². The molecule has 2 saturated carbocycles. The van der Waals surface area contributed by atoms with E-state index in [1.54, 1.807) is 10.8 Å². The van der Waals surface area contributed by atoms with E-state index in [0.29, 0.717) is 70.7 Å². The van der Waals surface area contributed by atoms with Crippen LogP contribution < -0.4 is 4.74 Å². The molecule has 0 aromatic heterocycles. The highest BCUT2D eigenvalue weighted by Gasteiger charge is 2.85. The summed E-state index contributed by atoms with van der Waals surface area (Å²) in [5, 5.41) is 0. The van der Waals surface area contributed by atoms with E-state index in [2.05, 4.69) is 84.9 Å². The lowest BCUT2D eigenvalue weighted by Gasteiger charge is -2.50. The van der Waals surface area contributed by atoms with E-state index in [-0.39, 0.29) is 36.1 Å². The summed E-state index contributed by atoms with van der Waals surface area (Å²) in [7, 11) is 6.57. The summed E-state index contributed by atoms with van der Waals surface area (Å²) >= 11 is 0. The fourth-order valence-corrected chi connectivity index (χ4v) is 14.8. The predicted molar refractivity (Wildman–Crippen MR) is 294 cm³/mol. The molecule has 1 aromatic carbocycles. The zero-order chi connectivity index (χ0) is 58.3. The molecule has 0 saturated heterocycles. The third-order valence-electron chi connectivity index (χ3n) is 15.3. The molecular weight excluding hydrogens is 1090 g/mol. The van der Waals surface area contributed by atoms with Crippen molar-refractivity contribution in [1.29, 1.82) is 0 Å². The van der Waals surface area contributed by atoms with E-state index in [4.69, 9.17) is 35.9 Å². The SMILES string of the molecule is [2H]CC(CCCCN(C)CCCOCCSSCCOCCCN(C)CCOc1ccc2c(c1)CC[C@@H]1[C@@H]2CC[C@]2(C)[C@@H](OCCCOC(C(F)(F)F)(C(F)(F)F)C(F)(F)F)CC[C@@H]12)COP(OCC[N+]#[C-])N(C(C)C)C(C)C. The van der Waals surface area contributed by atoms with Gasteiger partial charge < -0.3 is 47.4 Å². The van der Waals surface area contributed by atoms with E-state index < -0.39 is 45.7 Å². The minimum absolute atomic E-state index is 0.161. The third kappa shape index (κ3) is 20.8. The second-order valence-corrected chi connectivity index (χ2v) is 26.0. The Bertz CT molecular complexity index is 1870. The quantitative estimate of drug-likeness (QED) is 0.0207. The maximum Gasteiger partial charge on any atom is 0.435 e. The topological polar surface area (TPSA) is 78.7 Å². The minimum Gasteiger partial charge on any atom is -0.492 e. The highest BCUT2D eigenvalue weighted by molar-refractivity contribution is 8.76. The van der Waals surface area contributed by atoms with Crippen molar-refractivity contribution >= 4 is 30.1 Å². The van der Waals surface area contributed by atoms with Gasteiger partial charge in [-0.25, -0.2) is 11.2 Å². The standard InChI is InChI=1S/C55H90F9N4O7PS2/c1-41(2)68(42(3)4)76(74-33-24-65-7)75-40-43(5)15-10-11-25-66(8)26-12-29-69-35-37-77-78-38-36-70-30-13-27-67(9)28-34-71-45-17-19-46-44(39-45)16-18-48-47(46)22-23-51(6)49(48)20-21-50(51)72-31-14-32-73-52(53(56,57)58,54(59,60)61)55(62,63)64/h17,19,39,41-43,47-50H,10-16,18,20-38,40H2,1-6,8-9H3/t43?,47-,48-,49+,50+,51+,76?/m1/s1/i5D. The van der Waals surface area contributed by atoms with Gasteiger partial charge in [0.1, 0.15) is 19.0 Å². The number of halogens is 9. The Labute approximate surface area is 470 Å². The van der Waals surface area contributed by atoms with Crippen molar-refractivity contribution in [3.8, 4) is 5.75 Å². The van der Waals surface area contributed by atoms with Crippen LogP contribution in [0.3, 0.4) is 0 Å². The van der Waals surface area contributed by atoms with Crippen molar-refractivity contribution in [3.63, 3.8) is 0 Å². The van der Waals surface area contributed by atoms with Gasteiger partial charge in [0.25, 0.3) is 8.53 Å². The number of hydrogen-bond donors (Lipinski definition) is 0. The summed E-state index contributed by atoms with van der Waals surface area (Å²) in [5.74, 6) is 3.86. The minimum atomic E-state index is -6.75. The fraction of sp³-hybridized carbons (Fsp3) is 0.873. The van der Waals surface area contributed by atoms with Gasteiger partial charge in [0, 0.05) is 64.4 Å². The molecule has 3 aliphatic rings. The van der Waals surface area contributed by atoms with Crippen molar-refractivity contribution in [2.75, 3.05) is 118 Å². The molecule has 0 amide bonds. The first-order valence-corrected chi connectivity index (χ1v) is 31.5. The van der Waals surface area contributed by atoms with Crippen molar-refractivity contribution in [2.45, 2.75) is 167 Å². The van der Waals surface area contributed by atoms with Gasteiger partial charge in [-0.3, -0.25) is 0 Å². The number of nitrogens with zero attached hydrogens (tertiary/aromatic N) is 4. The van der Waals surface area contributed by atoms with Crippen molar-refractivity contribution < 1.29 is 73.6 Å². The molecule has 1 aromatic rings. The van der Waals surface area contributed by atoms with Crippen molar-refractivity contribution in [1.82, 2.24) is 14.5 Å². The zero-order valence-corrected chi connectivity index (χ0v) is 49.6. The summed E-state index contributed by atoms with van der Waals surface area (Å²) in [4.78, 5) is 8.00. The number of unbranched alkanes of at least 4 members (excludes halogenated alkanes) is 1. The van der Waals surface area contributed by atoms with Gasteiger partial charge in [0.2, 0.25) is 6.54 Å². The number of ether oxygens (including phenoxy) is 5. The van der Waals surface area contributed by atoms with Gasteiger partial charge in [-0.1, -0.05) is 47.9 Å². The number of rotatable bonds is 39. The maximum absolute atomic E-state index is 13.3. The van der Waals surface area contributed by atoms with Crippen LogP contribution in [0.25, 0.3) is 4.85 Å². The summed E-state index contributed by atoms with van der Waals surface area (Å²) in [6, 6.07) is 6.87. The largest absolute Gasteiger partial charge is 0.492 e. The molecule has 0 heterocycles. The molecular formula is C55H90F9N4O7PS2. The van der Waals surface area contributed by atoms with E-state index >= 15 is 0 Å². The second-order valence-electron chi connectivity index (χ2n) is 21.8. The summed E-state index contributed by atoms with van der Waals surface area (Å²) in [6.45, 7) is 24.5. The molecule has 0 N–H and O–H groups in total. The van der Waals surface area contributed by atoms with Gasteiger partial charge in [-0.15, -0.1) is 0 Å². The number of fused-ring (bicyclic) bond motifs is 5. The van der Waals surface area contributed by atoms with Crippen LogP contribution in [0.15, 0.2) is 18.2 Å². The van der Waals surface area contributed by atoms with Crippen LogP contribution in [-0.4, -0.2) is 175 Å². The van der Waals surface area contributed by atoms with Crippen LogP contribution in [0.1, 0.15) is 131 Å². The van der Waals surface area contributed by atoms with Crippen LogP contribution >= 0.6 is 30.1 Å². The number of aryl methyl sites for hydroxylation is 1. The molecule has 3 aliphatic carbocycles. The van der Waals surface area contributed by atoms with Gasteiger partial charge in [0.05, 0.1) is 32.5 Å². The molecule has 11 nitrogen and oxygen atoms in total. The molecule has 0 spiro atoms. The molecule has 0 radical (unpaired) electrons. The van der Waals surface area contributed by atoms with E-state index in [1.807, 2.05) is 16.9 Å². The highest BCUT2D eigenvalue weighted by Crippen LogP contribution is 2.62. The molecule has 2 fully saturated rings. The smallest absolute Gasteiger partial charge is 0.435 e.